The van der Waals surface area contributed by atoms with Crippen LogP contribution in [0.15, 0.2) is 91.3 Å². The summed E-state index contributed by atoms with van der Waals surface area (Å²) in [5.41, 5.74) is 1.85. The molecule has 8 nitrogen and oxygen atoms in total. The van der Waals surface area contributed by atoms with E-state index in [1.54, 1.807) is 54.7 Å². The number of anilines is 1. The molecule has 2 heterocycles. The number of nitrogens with one attached hydrogen (secondary N) is 2. The van der Waals surface area contributed by atoms with Crippen molar-refractivity contribution in [3.05, 3.63) is 103 Å². The minimum atomic E-state index is -0.403. The summed E-state index contributed by atoms with van der Waals surface area (Å²) < 4.78 is 18.7. The Morgan fingerprint density at radius 1 is 0.914 bits per heavy atom. The second kappa shape index (κ2) is 12.6. The van der Waals surface area contributed by atoms with Crippen LogP contribution in [0.4, 0.5) is 10.2 Å². The number of hydrogen-bond donors (Lipinski definition) is 3. The van der Waals surface area contributed by atoms with Gasteiger partial charge in [-0.1, -0.05) is 6.07 Å². The summed E-state index contributed by atoms with van der Waals surface area (Å²) in [6.07, 6.45) is 2.99. The normalized spacial score (nSPS) is 9.91. The van der Waals surface area contributed by atoms with Crippen LogP contribution in [0.2, 0.25) is 0 Å². The largest absolute Gasteiger partial charge is 0.457 e. The minimum absolute atomic E-state index is 0.199. The van der Waals surface area contributed by atoms with E-state index in [4.69, 9.17) is 9.84 Å². The molecule has 3 N–H and O–H groups in total. The molecule has 0 radical (unpaired) electrons. The fraction of sp³-hybridized carbons (Fsp3) is 0.0769. The number of aliphatic hydroxyl groups excluding tert-OH is 1. The van der Waals surface area contributed by atoms with E-state index < -0.39 is 5.91 Å². The molecule has 0 bridgehead atoms. The van der Waals surface area contributed by atoms with Gasteiger partial charge in [0.1, 0.15) is 23.1 Å². The maximum atomic E-state index is 13.0. The highest BCUT2D eigenvalue weighted by Crippen LogP contribution is 2.25. The zero-order valence-electron chi connectivity index (χ0n) is 18.8. The molecule has 0 saturated carbocycles. The van der Waals surface area contributed by atoms with E-state index in [1.807, 2.05) is 18.2 Å². The van der Waals surface area contributed by atoms with Crippen molar-refractivity contribution in [2.24, 2.45) is 0 Å². The molecule has 0 saturated heterocycles. The predicted octanol–water partition coefficient (Wildman–Crippen LogP) is 4.05. The van der Waals surface area contributed by atoms with Crippen LogP contribution in [-0.4, -0.2) is 40.5 Å². The highest BCUT2D eigenvalue weighted by molar-refractivity contribution is 5.98. The molecule has 35 heavy (non-hydrogen) atoms. The van der Waals surface area contributed by atoms with Crippen molar-refractivity contribution in [3.63, 3.8) is 0 Å². The predicted molar refractivity (Wildman–Crippen MR) is 129 cm³/mol. The van der Waals surface area contributed by atoms with Gasteiger partial charge in [0, 0.05) is 25.1 Å². The molecule has 2 amide bonds. The Hall–Kier alpha value is -4.63. The van der Waals surface area contributed by atoms with Crippen LogP contribution in [0.3, 0.4) is 0 Å². The standard InChI is InChI=1S/C25H19FN4O3.CH4O/c26-19-8-12-21(13-9-19)33-20-10-6-17(7-11-20)22-4-1-5-23(29-22)30-24(31)16-28-25(32)18-3-2-14-27-15-18;1-2/h1-15H,16H2,(H,28,32)(H,29,30,31);2H,1H3. The van der Waals surface area contributed by atoms with E-state index in [0.29, 0.717) is 28.6 Å². The lowest BCUT2D eigenvalue weighted by Gasteiger charge is -2.09. The van der Waals surface area contributed by atoms with Crippen molar-refractivity contribution in [1.29, 1.82) is 0 Å². The molecule has 9 heteroatoms. The van der Waals surface area contributed by atoms with Crippen molar-refractivity contribution in [1.82, 2.24) is 15.3 Å². The van der Waals surface area contributed by atoms with Crippen molar-refractivity contribution in [2.45, 2.75) is 0 Å². The molecule has 0 aliphatic carbocycles. The highest BCUT2D eigenvalue weighted by Gasteiger charge is 2.09. The summed E-state index contributed by atoms with van der Waals surface area (Å²) in [5.74, 6) is 0.371. The molecule has 0 fully saturated rings. The number of aromatic nitrogens is 2. The highest BCUT2D eigenvalue weighted by atomic mass is 19.1. The van der Waals surface area contributed by atoms with Crippen molar-refractivity contribution in [2.75, 3.05) is 19.0 Å². The first-order valence-corrected chi connectivity index (χ1v) is 10.5. The number of benzene rings is 2. The molecule has 2 aromatic heterocycles. The Kier molecular flexibility index (Phi) is 8.98. The molecule has 0 aliphatic rings. The minimum Gasteiger partial charge on any atom is -0.457 e. The number of amides is 2. The lowest BCUT2D eigenvalue weighted by Crippen LogP contribution is -2.33. The topological polar surface area (TPSA) is 113 Å². The van der Waals surface area contributed by atoms with Crippen LogP contribution < -0.4 is 15.4 Å². The van der Waals surface area contributed by atoms with Gasteiger partial charge in [-0.3, -0.25) is 14.6 Å². The van der Waals surface area contributed by atoms with Crippen molar-refractivity contribution < 1.29 is 23.8 Å². The van der Waals surface area contributed by atoms with Crippen molar-refractivity contribution >= 4 is 17.6 Å². The fourth-order valence-corrected chi connectivity index (χ4v) is 2.94. The van der Waals surface area contributed by atoms with Gasteiger partial charge in [0.15, 0.2) is 0 Å². The fourth-order valence-electron chi connectivity index (χ4n) is 2.94. The van der Waals surface area contributed by atoms with Gasteiger partial charge in [-0.2, -0.15) is 0 Å². The van der Waals surface area contributed by atoms with Gasteiger partial charge in [0.05, 0.1) is 17.8 Å². The van der Waals surface area contributed by atoms with Crippen LogP contribution >= 0.6 is 0 Å². The lowest BCUT2D eigenvalue weighted by molar-refractivity contribution is -0.115. The lowest BCUT2D eigenvalue weighted by atomic mass is 10.1. The Balaban J connectivity index is 0.00000167. The quantitative estimate of drug-likeness (QED) is 0.372. The Morgan fingerprint density at radius 2 is 1.60 bits per heavy atom. The third-order valence-corrected chi connectivity index (χ3v) is 4.55. The summed E-state index contributed by atoms with van der Waals surface area (Å²) in [5, 5.41) is 12.2. The number of ether oxygens (including phenoxy) is 1. The number of carbonyl (C=O) groups excluding carboxylic acids is 2. The van der Waals surface area contributed by atoms with Gasteiger partial charge >= 0.3 is 0 Å². The van der Waals surface area contributed by atoms with Crippen LogP contribution in [0, 0.1) is 5.82 Å². The van der Waals surface area contributed by atoms with Gasteiger partial charge in [0.2, 0.25) is 5.91 Å². The molecule has 0 atom stereocenters. The number of nitrogens with zero attached hydrogens (tertiary/aromatic N) is 2. The third kappa shape index (κ3) is 7.44. The van der Waals surface area contributed by atoms with E-state index in [0.717, 1.165) is 12.7 Å². The third-order valence-electron chi connectivity index (χ3n) is 4.55. The summed E-state index contributed by atoms with van der Waals surface area (Å²) >= 11 is 0. The molecule has 4 aromatic rings. The first kappa shape index (κ1) is 25.0. The number of halogens is 1. The van der Waals surface area contributed by atoms with Crippen molar-refractivity contribution in [3.8, 4) is 22.8 Å². The summed E-state index contributed by atoms with van der Waals surface area (Å²) in [4.78, 5) is 32.6. The van der Waals surface area contributed by atoms with E-state index in [2.05, 4.69) is 20.6 Å². The van der Waals surface area contributed by atoms with Crippen LogP contribution in [0.5, 0.6) is 11.5 Å². The first-order valence-electron chi connectivity index (χ1n) is 10.5. The summed E-state index contributed by atoms with van der Waals surface area (Å²) in [7, 11) is 1.00. The van der Waals surface area contributed by atoms with E-state index in [-0.39, 0.29) is 18.3 Å². The molecule has 0 unspecified atom stereocenters. The van der Waals surface area contributed by atoms with E-state index in [9.17, 15) is 14.0 Å². The Bertz CT molecular complexity index is 1250. The van der Waals surface area contributed by atoms with Crippen LogP contribution in [-0.2, 0) is 4.79 Å². The van der Waals surface area contributed by atoms with E-state index >= 15 is 0 Å². The Morgan fingerprint density at radius 3 is 2.26 bits per heavy atom. The monoisotopic (exact) mass is 474 g/mol. The molecule has 0 aliphatic heterocycles. The number of aliphatic hydroxyl groups is 1. The molecule has 178 valence electrons. The molecular weight excluding hydrogens is 451 g/mol. The zero-order chi connectivity index (χ0) is 25.0. The van der Waals surface area contributed by atoms with Gasteiger partial charge in [-0.25, -0.2) is 9.37 Å². The number of rotatable bonds is 7. The average molecular weight is 474 g/mol. The van der Waals surface area contributed by atoms with E-state index in [1.165, 1.54) is 18.3 Å². The summed E-state index contributed by atoms with van der Waals surface area (Å²) in [6, 6.07) is 21.5. The number of carbonyl (C=O) groups is 2. The average Bonchev–Trinajstić information content (AvgIpc) is 2.91. The smallest absolute Gasteiger partial charge is 0.253 e. The number of pyridine rings is 2. The Labute approximate surface area is 201 Å². The second-order valence-electron chi connectivity index (χ2n) is 6.96. The van der Waals surface area contributed by atoms with Gasteiger partial charge in [0.25, 0.3) is 5.91 Å². The molecule has 4 rings (SSSR count). The maximum absolute atomic E-state index is 13.0. The molecule has 0 spiro atoms. The first-order chi connectivity index (χ1) is 17.1. The van der Waals surface area contributed by atoms with Gasteiger partial charge in [-0.05, 0) is 72.8 Å². The summed E-state index contributed by atoms with van der Waals surface area (Å²) in [6.45, 7) is -0.199. The zero-order valence-corrected chi connectivity index (χ0v) is 18.8. The van der Waals surface area contributed by atoms with Gasteiger partial charge < -0.3 is 20.5 Å². The number of hydrogen-bond acceptors (Lipinski definition) is 6. The SMILES string of the molecule is CO.O=C(CNC(=O)c1cccnc1)Nc1cccc(-c2ccc(Oc3ccc(F)cc3)cc2)n1. The van der Waals surface area contributed by atoms with Crippen LogP contribution in [0.25, 0.3) is 11.3 Å². The molecule has 2 aromatic carbocycles. The van der Waals surface area contributed by atoms with Crippen LogP contribution in [0.1, 0.15) is 10.4 Å². The molecular formula is C26H23FN4O4. The maximum Gasteiger partial charge on any atom is 0.253 e. The van der Waals surface area contributed by atoms with Gasteiger partial charge in [-0.15, -0.1) is 0 Å². The second-order valence-corrected chi connectivity index (χ2v) is 6.96.